The molecule has 0 aromatic heterocycles. The summed E-state index contributed by atoms with van der Waals surface area (Å²) in [7, 11) is 0. The molecular formula is C10H11Br2NO. The van der Waals surface area contributed by atoms with Gasteiger partial charge in [-0.15, -0.1) is 0 Å². The molecule has 0 radical (unpaired) electrons. The minimum Gasteiger partial charge on any atom is -0.506 e. The Kier molecular flexibility index (Phi) is 4.62. The number of phenolic OH excluding ortho intramolecular Hbond substituents is 1. The molecule has 0 fully saturated rings. The van der Waals surface area contributed by atoms with Crippen LogP contribution >= 0.6 is 31.9 Å². The summed E-state index contributed by atoms with van der Waals surface area (Å²) < 4.78 is 1.34. The fourth-order valence-corrected chi connectivity index (χ4v) is 2.18. The van der Waals surface area contributed by atoms with Gasteiger partial charge in [0, 0.05) is 12.8 Å². The second-order valence-electron chi connectivity index (χ2n) is 2.87. The molecule has 0 saturated heterocycles. The second kappa shape index (κ2) is 5.51. The van der Waals surface area contributed by atoms with Gasteiger partial charge >= 0.3 is 0 Å². The third-order valence-electron chi connectivity index (χ3n) is 1.63. The number of aromatic hydroxyl groups is 1. The minimum atomic E-state index is 0.220. The first-order valence-electron chi connectivity index (χ1n) is 4.33. The summed E-state index contributed by atoms with van der Waals surface area (Å²) >= 11 is 6.53. The van der Waals surface area contributed by atoms with Crippen molar-refractivity contribution in [2.45, 2.75) is 13.3 Å². The molecule has 1 aromatic carbocycles. The maximum absolute atomic E-state index is 9.46. The number of hydrogen-bond donors (Lipinski definition) is 1. The zero-order chi connectivity index (χ0) is 10.6. The summed E-state index contributed by atoms with van der Waals surface area (Å²) in [6, 6.07) is 3.67. The highest BCUT2D eigenvalue weighted by molar-refractivity contribution is 9.11. The van der Waals surface area contributed by atoms with Crippen molar-refractivity contribution < 1.29 is 5.11 Å². The molecule has 0 atom stereocenters. The molecule has 0 bridgehead atoms. The largest absolute Gasteiger partial charge is 0.506 e. The van der Waals surface area contributed by atoms with Gasteiger partial charge in [-0.3, -0.25) is 4.99 Å². The lowest BCUT2D eigenvalue weighted by Gasteiger charge is -2.01. The monoisotopic (exact) mass is 319 g/mol. The lowest BCUT2D eigenvalue weighted by Crippen LogP contribution is -1.85. The zero-order valence-corrected chi connectivity index (χ0v) is 11.0. The summed E-state index contributed by atoms with van der Waals surface area (Å²) in [5.74, 6) is 0.220. The van der Waals surface area contributed by atoms with Crippen molar-refractivity contribution in [3.8, 4) is 5.75 Å². The highest BCUT2D eigenvalue weighted by atomic mass is 79.9. The van der Waals surface area contributed by atoms with Crippen molar-refractivity contribution in [2.75, 3.05) is 6.54 Å². The molecule has 0 amide bonds. The highest BCUT2D eigenvalue weighted by Crippen LogP contribution is 2.32. The van der Waals surface area contributed by atoms with Gasteiger partial charge < -0.3 is 5.11 Å². The van der Waals surface area contributed by atoms with Gasteiger partial charge in [-0.1, -0.05) is 6.92 Å². The van der Waals surface area contributed by atoms with E-state index in [0.717, 1.165) is 18.5 Å². The van der Waals surface area contributed by atoms with Crippen LogP contribution in [0.3, 0.4) is 0 Å². The van der Waals surface area contributed by atoms with Crippen LogP contribution in [-0.2, 0) is 0 Å². The molecule has 0 saturated carbocycles. The normalized spacial score (nSPS) is 11.1. The van der Waals surface area contributed by atoms with Crippen molar-refractivity contribution in [1.82, 2.24) is 0 Å². The van der Waals surface area contributed by atoms with E-state index in [4.69, 9.17) is 0 Å². The first-order chi connectivity index (χ1) is 6.65. The fourth-order valence-electron chi connectivity index (χ4n) is 0.959. The van der Waals surface area contributed by atoms with Crippen LogP contribution in [0.15, 0.2) is 26.1 Å². The van der Waals surface area contributed by atoms with Gasteiger partial charge in [0.05, 0.1) is 8.95 Å². The molecule has 4 heteroatoms. The number of aliphatic imine (C=N–C) groups is 1. The number of hydrogen-bond acceptors (Lipinski definition) is 2. The van der Waals surface area contributed by atoms with Crippen LogP contribution in [0, 0.1) is 0 Å². The summed E-state index contributed by atoms with van der Waals surface area (Å²) in [4.78, 5) is 4.22. The molecule has 0 aliphatic carbocycles. The molecule has 2 nitrogen and oxygen atoms in total. The number of benzene rings is 1. The van der Waals surface area contributed by atoms with Crippen molar-refractivity contribution in [1.29, 1.82) is 0 Å². The first kappa shape index (κ1) is 11.7. The van der Waals surface area contributed by atoms with Crippen LogP contribution < -0.4 is 0 Å². The maximum atomic E-state index is 9.46. The number of phenols is 1. The molecule has 14 heavy (non-hydrogen) atoms. The molecular weight excluding hydrogens is 310 g/mol. The van der Waals surface area contributed by atoms with Gasteiger partial charge in [-0.25, -0.2) is 0 Å². The Morgan fingerprint density at radius 2 is 1.93 bits per heavy atom. The van der Waals surface area contributed by atoms with E-state index in [2.05, 4.69) is 43.8 Å². The van der Waals surface area contributed by atoms with Crippen LogP contribution in [0.1, 0.15) is 18.9 Å². The van der Waals surface area contributed by atoms with Crippen molar-refractivity contribution in [3.63, 3.8) is 0 Å². The molecule has 1 rings (SSSR count). The summed E-state index contributed by atoms with van der Waals surface area (Å²) in [6.45, 7) is 2.91. The standard InChI is InChI=1S/C10H11Br2NO/c1-2-3-13-6-7-4-8(11)10(14)9(12)5-7/h4-6,14H,2-3H2,1H3. The van der Waals surface area contributed by atoms with E-state index in [9.17, 15) is 5.11 Å². The molecule has 0 aliphatic heterocycles. The van der Waals surface area contributed by atoms with E-state index in [1.54, 1.807) is 6.21 Å². The van der Waals surface area contributed by atoms with Crippen LogP contribution in [0.25, 0.3) is 0 Å². The molecule has 76 valence electrons. The SMILES string of the molecule is CCCN=Cc1cc(Br)c(O)c(Br)c1. The Hall–Kier alpha value is -0.350. The topological polar surface area (TPSA) is 32.6 Å². The van der Waals surface area contributed by atoms with Crippen molar-refractivity contribution in [2.24, 2.45) is 4.99 Å². The molecule has 0 heterocycles. The van der Waals surface area contributed by atoms with Gasteiger partial charge in [0.25, 0.3) is 0 Å². The second-order valence-corrected chi connectivity index (χ2v) is 4.58. The van der Waals surface area contributed by atoms with Crippen LogP contribution in [0.4, 0.5) is 0 Å². The highest BCUT2D eigenvalue weighted by Gasteiger charge is 2.03. The number of rotatable bonds is 3. The Bertz CT molecular complexity index is 327. The average Bonchev–Trinajstić information content (AvgIpc) is 2.14. The van der Waals surface area contributed by atoms with Gasteiger partial charge in [-0.05, 0) is 56.0 Å². The van der Waals surface area contributed by atoms with Gasteiger partial charge in [0.15, 0.2) is 0 Å². The first-order valence-corrected chi connectivity index (χ1v) is 5.91. The fraction of sp³-hybridized carbons (Fsp3) is 0.300. The number of halogens is 2. The van der Waals surface area contributed by atoms with Gasteiger partial charge in [0.1, 0.15) is 5.75 Å². The quantitative estimate of drug-likeness (QED) is 0.845. The molecule has 0 spiro atoms. The predicted molar refractivity (Wildman–Crippen MR) is 66.3 cm³/mol. The lowest BCUT2D eigenvalue weighted by atomic mass is 10.2. The Balaban J connectivity index is 2.89. The molecule has 1 aromatic rings. The molecule has 0 unspecified atom stereocenters. The predicted octanol–water partition coefficient (Wildman–Crippen LogP) is 3.75. The Morgan fingerprint density at radius 1 is 1.36 bits per heavy atom. The van der Waals surface area contributed by atoms with E-state index < -0.39 is 0 Å². The summed E-state index contributed by atoms with van der Waals surface area (Å²) in [5.41, 5.74) is 0.968. The van der Waals surface area contributed by atoms with Crippen LogP contribution in [0.5, 0.6) is 5.75 Å². The third kappa shape index (κ3) is 3.10. The number of nitrogens with zero attached hydrogens (tertiary/aromatic N) is 1. The van der Waals surface area contributed by atoms with Crippen LogP contribution in [0.2, 0.25) is 0 Å². The molecule has 0 aliphatic rings. The van der Waals surface area contributed by atoms with Gasteiger partial charge in [-0.2, -0.15) is 0 Å². The van der Waals surface area contributed by atoms with Crippen molar-refractivity contribution >= 4 is 38.1 Å². The Labute approximate surface area is 100 Å². The van der Waals surface area contributed by atoms with E-state index >= 15 is 0 Å². The van der Waals surface area contributed by atoms with E-state index in [-0.39, 0.29) is 5.75 Å². The van der Waals surface area contributed by atoms with Crippen LogP contribution in [-0.4, -0.2) is 17.9 Å². The third-order valence-corrected chi connectivity index (χ3v) is 2.84. The maximum Gasteiger partial charge on any atom is 0.143 e. The van der Waals surface area contributed by atoms with E-state index in [0.29, 0.717) is 8.95 Å². The van der Waals surface area contributed by atoms with E-state index in [1.165, 1.54) is 0 Å². The van der Waals surface area contributed by atoms with Gasteiger partial charge in [0.2, 0.25) is 0 Å². The van der Waals surface area contributed by atoms with E-state index in [1.807, 2.05) is 12.1 Å². The molecule has 1 N–H and O–H groups in total. The Morgan fingerprint density at radius 3 is 2.43 bits per heavy atom. The average molecular weight is 321 g/mol. The summed E-state index contributed by atoms with van der Waals surface area (Å²) in [5, 5.41) is 9.46. The smallest absolute Gasteiger partial charge is 0.143 e. The minimum absolute atomic E-state index is 0.220. The zero-order valence-electron chi connectivity index (χ0n) is 7.80. The summed E-state index contributed by atoms with van der Waals surface area (Å²) in [6.07, 6.45) is 2.84. The lowest BCUT2D eigenvalue weighted by molar-refractivity contribution is 0.468. The van der Waals surface area contributed by atoms with Crippen molar-refractivity contribution in [3.05, 3.63) is 26.6 Å².